The molecule has 0 aliphatic heterocycles. The van der Waals surface area contributed by atoms with Crippen molar-refractivity contribution in [2.24, 2.45) is 0 Å². The highest BCUT2D eigenvalue weighted by Crippen LogP contribution is 2.26. The van der Waals surface area contributed by atoms with Crippen molar-refractivity contribution in [2.75, 3.05) is 21.7 Å². The first-order valence-corrected chi connectivity index (χ1v) is 11.3. The standard InChI is InChI=1S/C21H21N5O3S2/c1-14(27)22-16-8-10-17(11-9-16)23-19(29)13-30-21-26-25-20(31-21)24-18(28)12-7-15-5-3-2-4-6-15/h2-6,8-11H,7,12-13H2,1H3,(H,22,27)(H,23,29)(H,24,25,28). The number of benzene rings is 2. The van der Waals surface area contributed by atoms with Gasteiger partial charge in [-0.1, -0.05) is 53.4 Å². The smallest absolute Gasteiger partial charge is 0.234 e. The molecule has 0 radical (unpaired) electrons. The third-order valence-corrected chi connectivity index (χ3v) is 5.92. The number of hydrogen-bond acceptors (Lipinski definition) is 7. The Morgan fingerprint density at radius 1 is 0.871 bits per heavy atom. The molecule has 3 amide bonds. The second-order valence-corrected chi connectivity index (χ2v) is 8.70. The van der Waals surface area contributed by atoms with Crippen molar-refractivity contribution in [3.05, 3.63) is 60.2 Å². The van der Waals surface area contributed by atoms with Gasteiger partial charge in [-0.3, -0.25) is 14.4 Å². The van der Waals surface area contributed by atoms with Crippen molar-refractivity contribution in [1.82, 2.24) is 10.2 Å². The highest BCUT2D eigenvalue weighted by Gasteiger charge is 2.11. The summed E-state index contributed by atoms with van der Waals surface area (Å²) < 4.78 is 0.592. The molecule has 0 bridgehead atoms. The first kappa shape index (κ1) is 22.4. The van der Waals surface area contributed by atoms with Gasteiger partial charge in [-0.2, -0.15) is 0 Å². The third-order valence-electron chi connectivity index (χ3n) is 3.95. The van der Waals surface area contributed by atoms with Crippen LogP contribution in [0.1, 0.15) is 18.9 Å². The predicted octanol–water partition coefficient (Wildman–Crippen LogP) is 3.80. The average Bonchev–Trinajstić information content (AvgIpc) is 3.20. The molecule has 8 nitrogen and oxygen atoms in total. The van der Waals surface area contributed by atoms with Crippen LogP contribution < -0.4 is 16.0 Å². The van der Waals surface area contributed by atoms with Gasteiger partial charge in [0.15, 0.2) is 4.34 Å². The zero-order valence-corrected chi connectivity index (χ0v) is 18.4. The molecule has 3 rings (SSSR count). The first-order valence-electron chi connectivity index (χ1n) is 9.45. The summed E-state index contributed by atoms with van der Waals surface area (Å²) in [6.07, 6.45) is 1.01. The highest BCUT2D eigenvalue weighted by molar-refractivity contribution is 8.01. The minimum absolute atomic E-state index is 0.128. The summed E-state index contributed by atoms with van der Waals surface area (Å²) in [5.74, 6) is -0.320. The second kappa shape index (κ2) is 11.2. The number of carbonyl (C=O) groups excluding carboxylic acids is 3. The number of aromatic nitrogens is 2. The Hall–Kier alpha value is -3.24. The molecule has 0 atom stereocenters. The van der Waals surface area contributed by atoms with Crippen molar-refractivity contribution in [2.45, 2.75) is 24.1 Å². The minimum atomic E-state index is -0.194. The van der Waals surface area contributed by atoms with Crippen molar-refractivity contribution in [3.8, 4) is 0 Å². The van der Waals surface area contributed by atoms with Crippen LogP contribution >= 0.6 is 23.1 Å². The summed E-state index contributed by atoms with van der Waals surface area (Å²) in [5, 5.41) is 16.6. The lowest BCUT2D eigenvalue weighted by Crippen LogP contribution is -2.14. The molecule has 2 aromatic carbocycles. The highest BCUT2D eigenvalue weighted by atomic mass is 32.2. The number of rotatable bonds is 9. The Balaban J connectivity index is 1.40. The molecule has 0 spiro atoms. The van der Waals surface area contributed by atoms with Crippen LogP contribution in [-0.2, 0) is 20.8 Å². The van der Waals surface area contributed by atoms with Crippen LogP contribution in [0.5, 0.6) is 0 Å². The van der Waals surface area contributed by atoms with Crippen molar-refractivity contribution < 1.29 is 14.4 Å². The Labute approximate surface area is 187 Å². The molecule has 0 saturated carbocycles. The molecule has 0 unspecified atom stereocenters. The van der Waals surface area contributed by atoms with E-state index in [9.17, 15) is 14.4 Å². The topological polar surface area (TPSA) is 113 Å². The van der Waals surface area contributed by atoms with E-state index in [2.05, 4.69) is 26.1 Å². The molecule has 3 N–H and O–H groups in total. The van der Waals surface area contributed by atoms with Crippen molar-refractivity contribution in [1.29, 1.82) is 0 Å². The monoisotopic (exact) mass is 455 g/mol. The molecule has 3 aromatic rings. The lowest BCUT2D eigenvalue weighted by molar-refractivity contribution is -0.116. The molecule has 0 fully saturated rings. The summed E-state index contributed by atoms with van der Waals surface area (Å²) in [7, 11) is 0. The van der Waals surface area contributed by atoms with Gasteiger partial charge in [0, 0.05) is 24.7 Å². The number of nitrogens with zero attached hydrogens (tertiary/aromatic N) is 2. The number of anilines is 3. The van der Waals surface area contributed by atoms with Gasteiger partial charge in [0.2, 0.25) is 22.9 Å². The zero-order valence-electron chi connectivity index (χ0n) is 16.8. The molecule has 0 aliphatic carbocycles. The van der Waals surface area contributed by atoms with E-state index in [1.54, 1.807) is 24.3 Å². The van der Waals surface area contributed by atoms with Crippen molar-refractivity contribution in [3.63, 3.8) is 0 Å². The molecule has 0 aliphatic rings. The van der Waals surface area contributed by atoms with Gasteiger partial charge in [-0.05, 0) is 36.2 Å². The SMILES string of the molecule is CC(=O)Nc1ccc(NC(=O)CSc2nnc(NC(=O)CCc3ccccc3)s2)cc1. The van der Waals surface area contributed by atoms with Gasteiger partial charge in [-0.25, -0.2) is 0 Å². The maximum atomic E-state index is 12.1. The number of thioether (sulfide) groups is 1. The molecule has 1 heterocycles. The van der Waals surface area contributed by atoms with Crippen LogP contribution in [0.25, 0.3) is 0 Å². The molecule has 160 valence electrons. The maximum Gasteiger partial charge on any atom is 0.234 e. The largest absolute Gasteiger partial charge is 0.326 e. The quantitative estimate of drug-likeness (QED) is 0.334. The zero-order chi connectivity index (χ0) is 22.1. The van der Waals surface area contributed by atoms with Gasteiger partial charge in [-0.15, -0.1) is 10.2 Å². The Morgan fingerprint density at radius 3 is 2.23 bits per heavy atom. The first-order chi connectivity index (χ1) is 15.0. The van der Waals surface area contributed by atoms with E-state index in [4.69, 9.17) is 0 Å². The van der Waals surface area contributed by atoms with Crippen LogP contribution in [0.4, 0.5) is 16.5 Å². The number of amides is 3. The number of aryl methyl sites for hydroxylation is 1. The van der Waals surface area contributed by atoms with Gasteiger partial charge < -0.3 is 16.0 Å². The van der Waals surface area contributed by atoms with Gasteiger partial charge in [0.05, 0.1) is 5.75 Å². The fraction of sp³-hybridized carbons (Fsp3) is 0.190. The van der Waals surface area contributed by atoms with E-state index in [1.807, 2.05) is 30.3 Å². The van der Waals surface area contributed by atoms with Gasteiger partial charge in [0.25, 0.3) is 0 Å². The number of hydrogen-bond donors (Lipinski definition) is 3. The summed E-state index contributed by atoms with van der Waals surface area (Å²) in [5.41, 5.74) is 2.39. The number of carbonyl (C=O) groups is 3. The normalized spacial score (nSPS) is 10.4. The van der Waals surface area contributed by atoms with Gasteiger partial charge >= 0.3 is 0 Å². The van der Waals surface area contributed by atoms with Crippen molar-refractivity contribution >= 4 is 57.3 Å². The average molecular weight is 456 g/mol. The van der Waals surface area contributed by atoms with Crippen LogP contribution in [0.3, 0.4) is 0 Å². The fourth-order valence-corrected chi connectivity index (χ4v) is 4.14. The Bertz CT molecular complexity index is 1040. The second-order valence-electron chi connectivity index (χ2n) is 6.50. The molecule has 1 aromatic heterocycles. The lowest BCUT2D eigenvalue weighted by atomic mass is 10.1. The molecular formula is C21H21N5O3S2. The van der Waals surface area contributed by atoms with Crippen LogP contribution in [0, 0.1) is 0 Å². The minimum Gasteiger partial charge on any atom is -0.326 e. The van der Waals surface area contributed by atoms with Crippen LogP contribution in [-0.4, -0.2) is 33.7 Å². The maximum absolute atomic E-state index is 12.1. The van der Waals surface area contributed by atoms with Gasteiger partial charge in [0.1, 0.15) is 0 Å². The predicted molar refractivity (Wildman–Crippen MR) is 123 cm³/mol. The summed E-state index contributed by atoms with van der Waals surface area (Å²) in [6, 6.07) is 16.6. The molecule has 10 heteroatoms. The van der Waals surface area contributed by atoms with Crippen LogP contribution in [0.15, 0.2) is 58.9 Å². The van der Waals surface area contributed by atoms with E-state index in [0.717, 1.165) is 5.56 Å². The van der Waals surface area contributed by atoms with E-state index >= 15 is 0 Å². The van der Waals surface area contributed by atoms with E-state index in [1.165, 1.54) is 30.0 Å². The molecular weight excluding hydrogens is 434 g/mol. The molecule has 31 heavy (non-hydrogen) atoms. The van der Waals surface area contributed by atoms with E-state index in [-0.39, 0.29) is 23.5 Å². The van der Waals surface area contributed by atoms with E-state index < -0.39 is 0 Å². The van der Waals surface area contributed by atoms with Crippen LogP contribution in [0.2, 0.25) is 0 Å². The Kier molecular flexibility index (Phi) is 8.13. The third kappa shape index (κ3) is 7.83. The fourth-order valence-electron chi connectivity index (χ4n) is 2.57. The Morgan fingerprint density at radius 2 is 1.55 bits per heavy atom. The summed E-state index contributed by atoms with van der Waals surface area (Å²) in [6.45, 7) is 1.43. The lowest BCUT2D eigenvalue weighted by Gasteiger charge is -2.06. The summed E-state index contributed by atoms with van der Waals surface area (Å²) >= 11 is 2.47. The number of nitrogens with one attached hydrogen (secondary N) is 3. The summed E-state index contributed by atoms with van der Waals surface area (Å²) in [4.78, 5) is 35.3. The molecule has 0 saturated heterocycles. The van der Waals surface area contributed by atoms with E-state index in [0.29, 0.717) is 33.7 Å².